The Hall–Kier alpha value is -1.16. The quantitative estimate of drug-likeness (QED) is 0.747. The highest BCUT2D eigenvalue weighted by Gasteiger charge is 2.15. The van der Waals surface area contributed by atoms with Gasteiger partial charge in [-0.15, -0.1) is 0 Å². The van der Waals surface area contributed by atoms with Gasteiger partial charge in [0.15, 0.2) is 0 Å². The van der Waals surface area contributed by atoms with Crippen molar-refractivity contribution >= 4 is 0 Å². The number of fused-ring (bicyclic) bond motifs is 1. The molecule has 1 aromatic rings. The summed E-state index contributed by atoms with van der Waals surface area (Å²) in [6.45, 7) is 1.51. The third-order valence-electron chi connectivity index (χ3n) is 2.68. The van der Waals surface area contributed by atoms with E-state index in [2.05, 4.69) is 15.3 Å². The maximum absolute atomic E-state index is 5.63. The van der Waals surface area contributed by atoms with Crippen LogP contribution in [-0.2, 0) is 12.8 Å². The van der Waals surface area contributed by atoms with Crippen LogP contribution in [0.5, 0.6) is 5.88 Å². The molecule has 1 heterocycles. The van der Waals surface area contributed by atoms with Gasteiger partial charge in [0.1, 0.15) is 12.9 Å². The van der Waals surface area contributed by atoms with Crippen LogP contribution < -0.4 is 10.1 Å². The second-order valence-electron chi connectivity index (χ2n) is 3.76. The van der Waals surface area contributed by atoms with Crippen LogP contribution in [0.2, 0.25) is 0 Å². The van der Waals surface area contributed by atoms with Crippen LogP contribution in [0, 0.1) is 0 Å². The molecule has 1 aliphatic carbocycles. The van der Waals surface area contributed by atoms with E-state index in [0.29, 0.717) is 6.61 Å². The minimum absolute atomic E-state index is 0.667. The Labute approximate surface area is 90.1 Å². The summed E-state index contributed by atoms with van der Waals surface area (Å²) < 4.78 is 5.63. The first-order valence-corrected chi connectivity index (χ1v) is 5.52. The lowest BCUT2D eigenvalue weighted by Crippen LogP contribution is -2.18. The van der Waals surface area contributed by atoms with Crippen LogP contribution >= 0.6 is 0 Å². The lowest BCUT2D eigenvalue weighted by Gasteiger charge is -2.17. The number of nitrogens with one attached hydrogen (secondary N) is 1. The molecule has 2 rings (SSSR count). The molecule has 0 aromatic carbocycles. The van der Waals surface area contributed by atoms with Gasteiger partial charge < -0.3 is 10.1 Å². The van der Waals surface area contributed by atoms with E-state index in [1.54, 1.807) is 6.33 Å². The zero-order valence-electron chi connectivity index (χ0n) is 9.12. The number of aryl methyl sites for hydroxylation is 1. The van der Waals surface area contributed by atoms with Crippen molar-refractivity contribution < 1.29 is 4.74 Å². The van der Waals surface area contributed by atoms with Gasteiger partial charge >= 0.3 is 0 Å². The molecule has 4 nitrogen and oxygen atoms in total. The molecule has 0 saturated heterocycles. The van der Waals surface area contributed by atoms with E-state index >= 15 is 0 Å². The fourth-order valence-corrected chi connectivity index (χ4v) is 1.87. The van der Waals surface area contributed by atoms with Crippen LogP contribution in [0.25, 0.3) is 0 Å². The topological polar surface area (TPSA) is 47.0 Å². The minimum Gasteiger partial charge on any atom is -0.476 e. The molecule has 82 valence electrons. The summed E-state index contributed by atoms with van der Waals surface area (Å²) in [5.74, 6) is 0.787. The number of nitrogens with zero attached hydrogens (tertiary/aromatic N) is 2. The van der Waals surface area contributed by atoms with Crippen molar-refractivity contribution in [2.75, 3.05) is 20.2 Å². The number of likely N-dealkylation sites (N-methyl/N-ethyl adjacent to an activating group) is 1. The Balaban J connectivity index is 2.09. The number of aromatic nitrogens is 2. The normalized spacial score (nSPS) is 14.7. The Morgan fingerprint density at radius 3 is 3.07 bits per heavy atom. The average molecular weight is 207 g/mol. The van der Waals surface area contributed by atoms with E-state index in [9.17, 15) is 0 Å². The van der Waals surface area contributed by atoms with E-state index in [1.165, 1.54) is 24.1 Å². The van der Waals surface area contributed by atoms with Gasteiger partial charge in [-0.05, 0) is 32.7 Å². The minimum atomic E-state index is 0.667. The summed E-state index contributed by atoms with van der Waals surface area (Å²) in [4.78, 5) is 8.50. The molecule has 0 spiro atoms. The third kappa shape index (κ3) is 2.45. The lowest BCUT2D eigenvalue weighted by molar-refractivity contribution is 0.300. The predicted molar refractivity (Wildman–Crippen MR) is 58.1 cm³/mol. The molecule has 4 heteroatoms. The summed E-state index contributed by atoms with van der Waals surface area (Å²) in [5.41, 5.74) is 2.40. The van der Waals surface area contributed by atoms with E-state index in [-0.39, 0.29) is 0 Å². The molecule has 0 saturated carbocycles. The predicted octanol–water partition coefficient (Wildman–Crippen LogP) is 0.954. The van der Waals surface area contributed by atoms with Crippen molar-refractivity contribution in [2.45, 2.75) is 25.7 Å². The first kappa shape index (κ1) is 10.4. The van der Waals surface area contributed by atoms with Gasteiger partial charge in [-0.2, -0.15) is 0 Å². The number of hydrogen-bond donors (Lipinski definition) is 1. The molecular weight excluding hydrogens is 190 g/mol. The monoisotopic (exact) mass is 207 g/mol. The van der Waals surface area contributed by atoms with Crippen LogP contribution in [0.1, 0.15) is 24.1 Å². The molecule has 0 bridgehead atoms. The Bertz CT molecular complexity index is 328. The van der Waals surface area contributed by atoms with E-state index in [4.69, 9.17) is 4.74 Å². The summed E-state index contributed by atoms with van der Waals surface area (Å²) in [7, 11) is 1.92. The fraction of sp³-hybridized carbons (Fsp3) is 0.636. The van der Waals surface area contributed by atoms with Gasteiger partial charge in [0.2, 0.25) is 5.88 Å². The fourth-order valence-electron chi connectivity index (χ4n) is 1.87. The van der Waals surface area contributed by atoms with Gasteiger partial charge in [0.25, 0.3) is 0 Å². The maximum atomic E-state index is 5.63. The lowest BCUT2D eigenvalue weighted by atomic mass is 9.97. The highest BCUT2D eigenvalue weighted by Crippen LogP contribution is 2.25. The van der Waals surface area contributed by atoms with Gasteiger partial charge in [-0.1, -0.05) is 0 Å². The average Bonchev–Trinajstić information content (AvgIpc) is 2.30. The molecule has 0 amide bonds. The van der Waals surface area contributed by atoms with Crippen LogP contribution in [0.15, 0.2) is 6.33 Å². The van der Waals surface area contributed by atoms with Gasteiger partial charge in [-0.3, -0.25) is 0 Å². The van der Waals surface area contributed by atoms with E-state index in [1.807, 2.05) is 7.05 Å². The zero-order chi connectivity index (χ0) is 10.5. The van der Waals surface area contributed by atoms with Crippen molar-refractivity contribution in [2.24, 2.45) is 0 Å². The highest BCUT2D eigenvalue weighted by molar-refractivity contribution is 5.31. The second kappa shape index (κ2) is 5.07. The van der Waals surface area contributed by atoms with Crippen molar-refractivity contribution in [1.82, 2.24) is 15.3 Å². The highest BCUT2D eigenvalue weighted by atomic mass is 16.5. The zero-order valence-corrected chi connectivity index (χ0v) is 9.12. The van der Waals surface area contributed by atoms with Gasteiger partial charge in [0.05, 0.1) is 5.69 Å². The number of hydrogen-bond acceptors (Lipinski definition) is 4. The van der Waals surface area contributed by atoms with Crippen LogP contribution in [0.3, 0.4) is 0 Å². The van der Waals surface area contributed by atoms with Crippen LogP contribution in [0.4, 0.5) is 0 Å². The Morgan fingerprint density at radius 2 is 2.20 bits per heavy atom. The van der Waals surface area contributed by atoms with Gasteiger partial charge in [-0.25, -0.2) is 9.97 Å². The van der Waals surface area contributed by atoms with Crippen LogP contribution in [-0.4, -0.2) is 30.2 Å². The SMILES string of the molecule is CNCCOc1ncnc2c1CCCC2. The standard InChI is InChI=1S/C11H17N3O/c1-12-6-7-15-11-9-4-2-3-5-10(9)13-8-14-11/h8,12H,2-7H2,1H3. The summed E-state index contributed by atoms with van der Waals surface area (Å²) in [6, 6.07) is 0. The molecule has 1 aromatic heterocycles. The molecular formula is C11H17N3O. The molecule has 1 aliphatic rings. The second-order valence-corrected chi connectivity index (χ2v) is 3.76. The molecule has 0 aliphatic heterocycles. The molecule has 0 unspecified atom stereocenters. The molecule has 15 heavy (non-hydrogen) atoms. The Kier molecular flexibility index (Phi) is 3.50. The van der Waals surface area contributed by atoms with Crippen molar-refractivity contribution in [3.05, 3.63) is 17.6 Å². The first-order chi connectivity index (χ1) is 7.42. The smallest absolute Gasteiger partial charge is 0.219 e. The first-order valence-electron chi connectivity index (χ1n) is 5.52. The Morgan fingerprint density at radius 1 is 1.33 bits per heavy atom. The summed E-state index contributed by atoms with van der Waals surface area (Å²) in [5, 5.41) is 3.05. The van der Waals surface area contributed by atoms with Crippen molar-refractivity contribution in [3.8, 4) is 5.88 Å². The number of ether oxygens (including phenoxy) is 1. The largest absolute Gasteiger partial charge is 0.476 e. The van der Waals surface area contributed by atoms with Gasteiger partial charge in [0, 0.05) is 12.1 Å². The maximum Gasteiger partial charge on any atom is 0.219 e. The van der Waals surface area contributed by atoms with E-state index in [0.717, 1.165) is 25.3 Å². The van der Waals surface area contributed by atoms with Crippen molar-refractivity contribution in [3.63, 3.8) is 0 Å². The molecule has 0 radical (unpaired) electrons. The number of rotatable bonds is 4. The van der Waals surface area contributed by atoms with E-state index < -0.39 is 0 Å². The summed E-state index contributed by atoms with van der Waals surface area (Å²) >= 11 is 0. The summed E-state index contributed by atoms with van der Waals surface area (Å²) in [6.07, 6.45) is 6.20. The third-order valence-corrected chi connectivity index (χ3v) is 2.68. The molecule has 0 atom stereocenters. The molecule has 1 N–H and O–H groups in total. The van der Waals surface area contributed by atoms with Crippen molar-refractivity contribution in [1.29, 1.82) is 0 Å². The molecule has 0 fully saturated rings.